The Morgan fingerprint density at radius 1 is 1.56 bits per heavy atom. The molecule has 1 rings (SSSR count). The van der Waals surface area contributed by atoms with Crippen molar-refractivity contribution in [2.75, 3.05) is 24.7 Å². The van der Waals surface area contributed by atoms with Crippen LogP contribution in [0.2, 0.25) is 0 Å². The maximum absolute atomic E-state index is 11.8. The van der Waals surface area contributed by atoms with Gasteiger partial charge in [0.1, 0.15) is 6.04 Å². The highest BCUT2D eigenvalue weighted by molar-refractivity contribution is 7.99. The van der Waals surface area contributed by atoms with E-state index >= 15 is 0 Å². The van der Waals surface area contributed by atoms with Crippen LogP contribution in [0.15, 0.2) is 0 Å². The van der Waals surface area contributed by atoms with Gasteiger partial charge in [-0.05, 0) is 6.92 Å². The fourth-order valence-electron chi connectivity index (χ4n) is 1.40. The summed E-state index contributed by atoms with van der Waals surface area (Å²) in [5, 5.41) is 8.95. The second-order valence-electron chi connectivity index (χ2n) is 3.37. The average molecular weight is 298 g/mol. The maximum Gasteiger partial charge on any atom is 0.421 e. The van der Waals surface area contributed by atoms with Gasteiger partial charge in [0.2, 0.25) is 0 Å². The number of nitrogens with one attached hydrogen (secondary N) is 1. The first-order valence-electron chi connectivity index (χ1n) is 5.15. The van der Waals surface area contributed by atoms with E-state index in [-0.39, 0.29) is 18.9 Å². The molecule has 1 amide bonds. The molecular formula is C8H14N2O6S2. The van der Waals surface area contributed by atoms with Crippen molar-refractivity contribution in [2.45, 2.75) is 13.0 Å². The van der Waals surface area contributed by atoms with Crippen LogP contribution in [-0.4, -0.2) is 60.6 Å². The molecule has 1 fully saturated rings. The van der Waals surface area contributed by atoms with Crippen LogP contribution in [0.25, 0.3) is 0 Å². The average Bonchev–Trinajstić information content (AvgIpc) is 2.28. The number of carboxylic acid groups (broad SMARTS) is 1. The molecule has 18 heavy (non-hydrogen) atoms. The van der Waals surface area contributed by atoms with E-state index in [1.165, 1.54) is 18.7 Å². The number of hydrogen-bond acceptors (Lipinski definition) is 6. The van der Waals surface area contributed by atoms with E-state index in [0.29, 0.717) is 5.75 Å². The molecule has 0 aliphatic carbocycles. The minimum atomic E-state index is -4.18. The summed E-state index contributed by atoms with van der Waals surface area (Å²) in [6, 6.07) is -1.17. The SMILES string of the molecule is CCOC(=O)NS(=O)(=O)N1CCSCC1C(=O)O. The Morgan fingerprint density at radius 3 is 2.78 bits per heavy atom. The number of thioether (sulfide) groups is 1. The van der Waals surface area contributed by atoms with Crippen LogP contribution in [-0.2, 0) is 19.7 Å². The predicted octanol–water partition coefficient (Wildman–Crippen LogP) is -0.521. The molecule has 10 heteroatoms. The maximum atomic E-state index is 11.8. The lowest BCUT2D eigenvalue weighted by Crippen LogP contribution is -2.55. The van der Waals surface area contributed by atoms with Crippen molar-refractivity contribution in [3.05, 3.63) is 0 Å². The topological polar surface area (TPSA) is 113 Å². The molecule has 2 N–H and O–H groups in total. The lowest BCUT2D eigenvalue weighted by atomic mass is 10.3. The second-order valence-corrected chi connectivity index (χ2v) is 6.14. The van der Waals surface area contributed by atoms with E-state index in [4.69, 9.17) is 5.11 Å². The summed E-state index contributed by atoms with van der Waals surface area (Å²) in [5.74, 6) is -0.608. The summed E-state index contributed by atoms with van der Waals surface area (Å²) in [6.45, 7) is 1.60. The fraction of sp³-hybridized carbons (Fsp3) is 0.750. The normalized spacial score (nSPS) is 21.3. The molecular weight excluding hydrogens is 284 g/mol. The third-order valence-corrected chi connectivity index (χ3v) is 4.66. The lowest BCUT2D eigenvalue weighted by molar-refractivity contribution is -0.140. The fourth-order valence-corrected chi connectivity index (χ4v) is 3.86. The number of aliphatic carboxylic acids is 1. The molecule has 0 aromatic heterocycles. The predicted molar refractivity (Wildman–Crippen MR) is 64.5 cm³/mol. The molecule has 0 radical (unpaired) electrons. The summed E-state index contributed by atoms with van der Waals surface area (Å²) >= 11 is 1.35. The van der Waals surface area contributed by atoms with Gasteiger partial charge in [-0.25, -0.2) is 9.52 Å². The lowest BCUT2D eigenvalue weighted by Gasteiger charge is -2.30. The standard InChI is InChI=1S/C8H14N2O6S2/c1-2-16-8(13)9-18(14,15)10-3-4-17-5-6(10)7(11)12/h6H,2-5H2,1H3,(H,9,13)(H,11,12). The number of carbonyl (C=O) groups is 2. The van der Waals surface area contributed by atoms with Gasteiger partial charge in [0.05, 0.1) is 6.61 Å². The summed E-state index contributed by atoms with van der Waals surface area (Å²) in [6.07, 6.45) is -1.11. The summed E-state index contributed by atoms with van der Waals surface area (Å²) < 4.78 is 30.6. The van der Waals surface area contributed by atoms with Crippen molar-refractivity contribution in [1.82, 2.24) is 9.03 Å². The highest BCUT2D eigenvalue weighted by Gasteiger charge is 2.38. The molecule has 8 nitrogen and oxygen atoms in total. The van der Waals surface area contributed by atoms with Crippen LogP contribution in [0, 0.1) is 0 Å². The van der Waals surface area contributed by atoms with Crippen LogP contribution in [0.3, 0.4) is 0 Å². The minimum Gasteiger partial charge on any atom is -0.480 e. The molecule has 104 valence electrons. The quantitative estimate of drug-likeness (QED) is 0.718. The van der Waals surface area contributed by atoms with Crippen molar-refractivity contribution in [3.8, 4) is 0 Å². The zero-order valence-electron chi connectivity index (χ0n) is 9.66. The third kappa shape index (κ3) is 3.75. The van der Waals surface area contributed by atoms with Crippen LogP contribution < -0.4 is 4.72 Å². The highest BCUT2D eigenvalue weighted by Crippen LogP contribution is 2.19. The molecule has 1 heterocycles. The minimum absolute atomic E-state index is 0.0273. The van der Waals surface area contributed by atoms with Crippen molar-refractivity contribution in [2.24, 2.45) is 0 Å². The van der Waals surface area contributed by atoms with Gasteiger partial charge in [0.15, 0.2) is 0 Å². The van der Waals surface area contributed by atoms with Crippen molar-refractivity contribution in [3.63, 3.8) is 0 Å². The van der Waals surface area contributed by atoms with Crippen molar-refractivity contribution >= 4 is 34.0 Å². The van der Waals surface area contributed by atoms with E-state index in [9.17, 15) is 18.0 Å². The molecule has 1 aliphatic rings. The molecule has 0 spiro atoms. The summed E-state index contributed by atoms with van der Waals surface area (Å²) in [4.78, 5) is 22.0. The van der Waals surface area contributed by atoms with Gasteiger partial charge in [-0.3, -0.25) is 4.79 Å². The smallest absolute Gasteiger partial charge is 0.421 e. The van der Waals surface area contributed by atoms with E-state index in [1.54, 1.807) is 4.72 Å². The van der Waals surface area contributed by atoms with Crippen LogP contribution >= 0.6 is 11.8 Å². The van der Waals surface area contributed by atoms with Crippen LogP contribution in [0.5, 0.6) is 0 Å². The number of rotatable bonds is 4. The summed E-state index contributed by atoms with van der Waals surface area (Å²) in [7, 11) is -4.18. The van der Waals surface area contributed by atoms with Crippen LogP contribution in [0.1, 0.15) is 6.92 Å². The monoisotopic (exact) mass is 298 g/mol. The molecule has 0 saturated carbocycles. The highest BCUT2D eigenvalue weighted by atomic mass is 32.2. The Balaban J connectivity index is 2.81. The van der Waals surface area contributed by atoms with Crippen molar-refractivity contribution in [1.29, 1.82) is 0 Å². The zero-order valence-corrected chi connectivity index (χ0v) is 11.3. The molecule has 1 saturated heterocycles. The van der Waals surface area contributed by atoms with Gasteiger partial charge < -0.3 is 9.84 Å². The third-order valence-electron chi connectivity index (χ3n) is 2.16. The van der Waals surface area contributed by atoms with E-state index in [1.807, 2.05) is 0 Å². The van der Waals surface area contributed by atoms with Crippen LogP contribution in [0.4, 0.5) is 4.79 Å². The Kier molecular flexibility index (Phi) is 5.23. The van der Waals surface area contributed by atoms with Gasteiger partial charge >= 0.3 is 22.3 Å². The van der Waals surface area contributed by atoms with Gasteiger partial charge in [0.25, 0.3) is 0 Å². The van der Waals surface area contributed by atoms with Gasteiger partial charge in [-0.1, -0.05) is 0 Å². The van der Waals surface area contributed by atoms with Gasteiger partial charge in [-0.15, -0.1) is 0 Å². The number of amides is 1. The molecule has 1 unspecified atom stereocenters. The molecule has 0 bridgehead atoms. The first-order valence-corrected chi connectivity index (χ1v) is 7.75. The summed E-state index contributed by atoms with van der Waals surface area (Å²) in [5.41, 5.74) is 0. The van der Waals surface area contributed by atoms with Gasteiger partial charge in [-0.2, -0.15) is 24.5 Å². The molecule has 0 aromatic carbocycles. The number of hydrogen-bond donors (Lipinski definition) is 2. The van der Waals surface area contributed by atoms with Crippen molar-refractivity contribution < 1.29 is 27.9 Å². The van der Waals surface area contributed by atoms with E-state index in [2.05, 4.69) is 4.74 Å². The van der Waals surface area contributed by atoms with E-state index in [0.717, 1.165) is 4.31 Å². The Labute approximate surface area is 109 Å². The Morgan fingerprint density at radius 2 is 2.22 bits per heavy atom. The molecule has 0 aromatic rings. The Hall–Kier alpha value is -1.00. The number of carbonyl (C=O) groups excluding carboxylic acids is 1. The molecule has 1 atom stereocenters. The van der Waals surface area contributed by atoms with Gasteiger partial charge in [0, 0.05) is 18.1 Å². The van der Waals surface area contributed by atoms with E-state index < -0.39 is 28.3 Å². The number of ether oxygens (including phenoxy) is 1. The largest absolute Gasteiger partial charge is 0.480 e. The number of nitrogens with zero attached hydrogens (tertiary/aromatic N) is 1. The zero-order chi connectivity index (χ0) is 13.8. The Bertz CT molecular complexity index is 423. The molecule has 1 aliphatic heterocycles. The first kappa shape index (κ1) is 15.1. The second kappa shape index (κ2) is 6.25. The number of carboxylic acids is 1. The first-order chi connectivity index (χ1) is 8.38.